The van der Waals surface area contributed by atoms with Crippen molar-refractivity contribution >= 4 is 5.78 Å². The Morgan fingerprint density at radius 1 is 1.14 bits per heavy atom. The maximum absolute atomic E-state index is 5.35. The summed E-state index contributed by atoms with van der Waals surface area (Å²) in [5.41, 5.74) is 1.86. The van der Waals surface area contributed by atoms with Gasteiger partial charge >= 0.3 is 0 Å². The standard InChI is InChI=1S/C16H12N4O2/c1-21-12-5-2-4-11(10-12)13-7-8-17-16-18-15(19-20(13)16)14-6-3-9-22-14/h2-10H,1H3. The SMILES string of the molecule is COc1cccc(-c2ccnc3nc(-c4ccco4)nn23)c1. The van der Waals surface area contributed by atoms with Crippen LogP contribution >= 0.6 is 0 Å². The van der Waals surface area contributed by atoms with E-state index in [1.54, 1.807) is 30.2 Å². The Labute approximate surface area is 126 Å². The summed E-state index contributed by atoms with van der Waals surface area (Å²) in [6.45, 7) is 0. The van der Waals surface area contributed by atoms with Gasteiger partial charge in [0.25, 0.3) is 5.78 Å². The van der Waals surface area contributed by atoms with E-state index in [2.05, 4.69) is 15.1 Å². The van der Waals surface area contributed by atoms with E-state index in [0.717, 1.165) is 17.0 Å². The van der Waals surface area contributed by atoms with Gasteiger partial charge in [0.05, 0.1) is 19.1 Å². The number of hydrogen-bond acceptors (Lipinski definition) is 5. The fourth-order valence-electron chi connectivity index (χ4n) is 2.31. The van der Waals surface area contributed by atoms with Crippen molar-refractivity contribution in [3.05, 3.63) is 54.9 Å². The van der Waals surface area contributed by atoms with Crippen LogP contribution in [0.2, 0.25) is 0 Å². The molecule has 0 aliphatic rings. The van der Waals surface area contributed by atoms with E-state index >= 15 is 0 Å². The van der Waals surface area contributed by atoms with Gasteiger partial charge in [-0.3, -0.25) is 0 Å². The van der Waals surface area contributed by atoms with Crippen LogP contribution in [-0.4, -0.2) is 26.7 Å². The number of benzene rings is 1. The smallest absolute Gasteiger partial charge is 0.253 e. The molecular formula is C16H12N4O2. The Bertz CT molecular complexity index is 928. The molecule has 0 radical (unpaired) electrons. The van der Waals surface area contributed by atoms with Crippen LogP contribution in [0.5, 0.6) is 5.75 Å². The number of furan rings is 1. The van der Waals surface area contributed by atoms with Crippen molar-refractivity contribution in [2.24, 2.45) is 0 Å². The molecule has 0 aliphatic heterocycles. The normalized spacial score (nSPS) is 11.0. The Morgan fingerprint density at radius 3 is 2.91 bits per heavy atom. The summed E-state index contributed by atoms with van der Waals surface area (Å²) in [7, 11) is 1.64. The van der Waals surface area contributed by atoms with Crippen molar-refractivity contribution in [2.45, 2.75) is 0 Å². The maximum atomic E-state index is 5.35. The largest absolute Gasteiger partial charge is 0.497 e. The molecule has 4 rings (SSSR count). The van der Waals surface area contributed by atoms with E-state index in [-0.39, 0.29) is 0 Å². The van der Waals surface area contributed by atoms with Gasteiger partial charge in [-0.05, 0) is 30.3 Å². The lowest BCUT2D eigenvalue weighted by Gasteiger charge is -2.05. The molecule has 1 aromatic carbocycles. The van der Waals surface area contributed by atoms with E-state index in [0.29, 0.717) is 17.4 Å². The number of aromatic nitrogens is 4. The topological polar surface area (TPSA) is 65.5 Å². The number of nitrogens with zero attached hydrogens (tertiary/aromatic N) is 4. The second-order valence-corrected chi connectivity index (χ2v) is 4.69. The van der Waals surface area contributed by atoms with Crippen molar-refractivity contribution in [1.29, 1.82) is 0 Å². The molecule has 0 spiro atoms. The van der Waals surface area contributed by atoms with Crippen LogP contribution in [0.1, 0.15) is 0 Å². The highest BCUT2D eigenvalue weighted by Crippen LogP contribution is 2.25. The third-order valence-electron chi connectivity index (χ3n) is 3.35. The van der Waals surface area contributed by atoms with Crippen LogP contribution in [0.4, 0.5) is 0 Å². The fraction of sp³-hybridized carbons (Fsp3) is 0.0625. The monoisotopic (exact) mass is 292 g/mol. The number of rotatable bonds is 3. The lowest BCUT2D eigenvalue weighted by Crippen LogP contribution is -1.96. The second-order valence-electron chi connectivity index (χ2n) is 4.69. The zero-order valence-corrected chi connectivity index (χ0v) is 11.8. The molecule has 108 valence electrons. The first-order valence-corrected chi connectivity index (χ1v) is 6.75. The first kappa shape index (κ1) is 12.6. The van der Waals surface area contributed by atoms with Gasteiger partial charge in [0.1, 0.15) is 5.75 Å². The van der Waals surface area contributed by atoms with Gasteiger partial charge in [-0.1, -0.05) is 12.1 Å². The molecule has 0 unspecified atom stereocenters. The Balaban J connectivity index is 1.90. The minimum Gasteiger partial charge on any atom is -0.497 e. The van der Waals surface area contributed by atoms with Crippen LogP contribution in [0.25, 0.3) is 28.6 Å². The van der Waals surface area contributed by atoms with Crippen molar-refractivity contribution in [1.82, 2.24) is 19.6 Å². The van der Waals surface area contributed by atoms with Gasteiger partial charge in [0.2, 0.25) is 5.82 Å². The predicted molar refractivity (Wildman–Crippen MR) is 80.5 cm³/mol. The van der Waals surface area contributed by atoms with Gasteiger partial charge < -0.3 is 9.15 Å². The Kier molecular flexibility index (Phi) is 2.86. The molecule has 0 N–H and O–H groups in total. The summed E-state index contributed by atoms with van der Waals surface area (Å²) in [4.78, 5) is 8.66. The van der Waals surface area contributed by atoms with Crippen LogP contribution in [0, 0.1) is 0 Å². The van der Waals surface area contributed by atoms with Crippen LogP contribution in [0.3, 0.4) is 0 Å². The molecule has 6 nitrogen and oxygen atoms in total. The lowest BCUT2D eigenvalue weighted by atomic mass is 10.1. The van der Waals surface area contributed by atoms with E-state index in [1.165, 1.54) is 0 Å². The molecule has 0 atom stereocenters. The number of methoxy groups -OCH3 is 1. The Morgan fingerprint density at radius 2 is 2.09 bits per heavy atom. The van der Waals surface area contributed by atoms with E-state index < -0.39 is 0 Å². The molecule has 22 heavy (non-hydrogen) atoms. The van der Waals surface area contributed by atoms with Crippen molar-refractivity contribution < 1.29 is 9.15 Å². The molecule has 3 aromatic heterocycles. The average molecular weight is 292 g/mol. The van der Waals surface area contributed by atoms with Crippen molar-refractivity contribution in [3.8, 4) is 28.6 Å². The van der Waals surface area contributed by atoms with Crippen molar-refractivity contribution in [2.75, 3.05) is 7.11 Å². The van der Waals surface area contributed by atoms with Crippen LogP contribution in [-0.2, 0) is 0 Å². The molecule has 0 amide bonds. The van der Waals surface area contributed by atoms with Crippen LogP contribution < -0.4 is 4.74 Å². The summed E-state index contributed by atoms with van der Waals surface area (Å²) in [6, 6.07) is 13.3. The number of fused-ring (bicyclic) bond motifs is 1. The number of ether oxygens (including phenoxy) is 1. The first-order chi connectivity index (χ1) is 10.8. The summed E-state index contributed by atoms with van der Waals surface area (Å²) in [5.74, 6) is 2.43. The molecule has 3 heterocycles. The number of hydrogen-bond donors (Lipinski definition) is 0. The van der Waals surface area contributed by atoms with E-state index in [9.17, 15) is 0 Å². The minimum atomic E-state index is 0.507. The zero-order chi connectivity index (χ0) is 14.9. The van der Waals surface area contributed by atoms with Crippen LogP contribution in [0.15, 0.2) is 59.3 Å². The third kappa shape index (κ3) is 2.01. The molecule has 0 saturated heterocycles. The van der Waals surface area contributed by atoms with E-state index in [4.69, 9.17) is 9.15 Å². The lowest BCUT2D eigenvalue weighted by molar-refractivity contribution is 0.415. The molecule has 6 heteroatoms. The van der Waals surface area contributed by atoms with Gasteiger partial charge in [0, 0.05) is 11.8 Å². The van der Waals surface area contributed by atoms with Crippen molar-refractivity contribution in [3.63, 3.8) is 0 Å². The van der Waals surface area contributed by atoms with Gasteiger partial charge in [0.15, 0.2) is 5.76 Å². The second kappa shape index (κ2) is 5.00. The summed E-state index contributed by atoms with van der Waals surface area (Å²) in [5, 5.41) is 4.50. The summed E-state index contributed by atoms with van der Waals surface area (Å²) in [6.07, 6.45) is 3.31. The highest BCUT2D eigenvalue weighted by atomic mass is 16.5. The van der Waals surface area contributed by atoms with E-state index in [1.807, 2.05) is 36.4 Å². The molecule has 0 saturated carbocycles. The minimum absolute atomic E-state index is 0.507. The zero-order valence-electron chi connectivity index (χ0n) is 11.8. The van der Waals surface area contributed by atoms with Gasteiger partial charge in [-0.2, -0.15) is 9.50 Å². The quantitative estimate of drug-likeness (QED) is 0.580. The average Bonchev–Trinajstić information content (AvgIpc) is 3.23. The first-order valence-electron chi connectivity index (χ1n) is 6.75. The highest BCUT2D eigenvalue weighted by molar-refractivity contribution is 5.64. The molecule has 4 aromatic rings. The third-order valence-corrected chi connectivity index (χ3v) is 3.35. The highest BCUT2D eigenvalue weighted by Gasteiger charge is 2.13. The van der Waals surface area contributed by atoms with Gasteiger partial charge in [-0.25, -0.2) is 4.98 Å². The fourth-order valence-corrected chi connectivity index (χ4v) is 2.31. The summed E-state index contributed by atoms with van der Waals surface area (Å²) >= 11 is 0. The molecule has 0 fully saturated rings. The van der Waals surface area contributed by atoms with Gasteiger partial charge in [-0.15, -0.1) is 5.10 Å². The molecular weight excluding hydrogens is 280 g/mol. The Hall–Kier alpha value is -3.15. The molecule has 0 bridgehead atoms. The predicted octanol–water partition coefficient (Wildman–Crippen LogP) is 3.06. The summed E-state index contributed by atoms with van der Waals surface area (Å²) < 4.78 is 12.3. The molecule has 0 aliphatic carbocycles. The maximum Gasteiger partial charge on any atom is 0.253 e.